The van der Waals surface area contributed by atoms with Crippen molar-refractivity contribution in [2.75, 3.05) is 13.2 Å². The van der Waals surface area contributed by atoms with Crippen molar-refractivity contribution < 1.29 is 19.1 Å². The van der Waals surface area contributed by atoms with Gasteiger partial charge in [0.2, 0.25) is 0 Å². The summed E-state index contributed by atoms with van der Waals surface area (Å²) in [6, 6.07) is 12.6. The fourth-order valence-electron chi connectivity index (χ4n) is 2.69. The maximum absolute atomic E-state index is 12.4. The zero-order chi connectivity index (χ0) is 23.5. The summed E-state index contributed by atoms with van der Waals surface area (Å²) in [7, 11) is 0. The van der Waals surface area contributed by atoms with Gasteiger partial charge in [-0.1, -0.05) is 45.4 Å². The molecule has 2 amide bonds. The predicted octanol–water partition coefficient (Wildman–Crippen LogP) is 4.47. The minimum atomic E-state index is -0.434. The molecule has 32 heavy (non-hydrogen) atoms. The van der Waals surface area contributed by atoms with E-state index in [2.05, 4.69) is 52.9 Å². The molecule has 172 valence electrons. The summed E-state index contributed by atoms with van der Waals surface area (Å²) in [5.74, 6) is 0.742. The Kier molecular flexibility index (Phi) is 10.4. The van der Waals surface area contributed by atoms with Gasteiger partial charge in [0.25, 0.3) is 11.8 Å². The van der Waals surface area contributed by atoms with Crippen molar-refractivity contribution in [3.05, 3.63) is 58.1 Å². The lowest BCUT2D eigenvalue weighted by molar-refractivity contribution is -0.123. The number of ether oxygens (including phenoxy) is 2. The second-order valence-electron chi connectivity index (χ2n) is 7.28. The molecule has 0 saturated carbocycles. The molecule has 0 unspecified atom stereocenters. The zero-order valence-corrected chi connectivity index (χ0v) is 20.8. The Hall–Kier alpha value is -2.65. The van der Waals surface area contributed by atoms with Gasteiger partial charge >= 0.3 is 0 Å². The fourth-order valence-corrected chi connectivity index (χ4v) is 3.32. The van der Waals surface area contributed by atoms with Crippen LogP contribution in [0.3, 0.4) is 0 Å². The van der Waals surface area contributed by atoms with E-state index in [1.807, 2.05) is 24.3 Å². The van der Waals surface area contributed by atoms with E-state index in [0.717, 1.165) is 18.4 Å². The number of benzene rings is 2. The number of para-hydroxylation sites is 1. The quantitative estimate of drug-likeness (QED) is 0.256. The molecule has 0 fully saturated rings. The van der Waals surface area contributed by atoms with Gasteiger partial charge in [0, 0.05) is 5.56 Å². The van der Waals surface area contributed by atoms with E-state index in [0.29, 0.717) is 28.1 Å². The number of hydrogen-bond acceptors (Lipinski definition) is 5. The summed E-state index contributed by atoms with van der Waals surface area (Å²) >= 11 is 8.49. The lowest BCUT2D eigenvalue weighted by Gasteiger charge is -2.14. The molecule has 0 aliphatic heterocycles. The van der Waals surface area contributed by atoms with Crippen LogP contribution in [0.25, 0.3) is 0 Å². The topological polar surface area (TPSA) is 88.7 Å². The van der Waals surface area contributed by atoms with Crippen LogP contribution in [-0.4, -0.2) is 30.1 Å². The third-order valence-electron chi connectivity index (χ3n) is 4.39. The largest absolute Gasteiger partial charge is 0.492 e. The summed E-state index contributed by atoms with van der Waals surface area (Å²) < 4.78 is 11.9. The Bertz CT molecular complexity index is 953. The summed E-state index contributed by atoms with van der Waals surface area (Å²) in [4.78, 5) is 24.5. The van der Waals surface area contributed by atoms with Crippen molar-refractivity contribution >= 4 is 45.1 Å². The minimum absolute atomic E-state index is 0.0367. The standard InChI is InChI=1S/C23H28BrN3O4S/c1-4-5-12-30-20-11-10-16(13-18(20)24)22(29)25-23(32)27-26-21(28)14-31-19-9-7-6-8-17(19)15(2)3/h6-11,13,15H,4-5,12,14H2,1-3H3,(H,26,28)(H2,25,27,29,32). The number of rotatable bonds is 9. The number of unbranched alkanes of at least 4 members (excludes halogenated alkanes) is 1. The van der Waals surface area contributed by atoms with Gasteiger partial charge in [-0.15, -0.1) is 0 Å². The molecule has 0 aliphatic carbocycles. The molecule has 7 nitrogen and oxygen atoms in total. The van der Waals surface area contributed by atoms with Gasteiger partial charge in [-0.2, -0.15) is 0 Å². The van der Waals surface area contributed by atoms with Gasteiger partial charge in [-0.25, -0.2) is 0 Å². The van der Waals surface area contributed by atoms with Gasteiger partial charge in [0.1, 0.15) is 11.5 Å². The number of halogens is 1. The molecule has 0 radical (unpaired) electrons. The average Bonchev–Trinajstić information content (AvgIpc) is 2.77. The fraction of sp³-hybridized carbons (Fsp3) is 0.348. The monoisotopic (exact) mass is 521 g/mol. The average molecular weight is 522 g/mol. The van der Waals surface area contributed by atoms with Crippen LogP contribution in [-0.2, 0) is 4.79 Å². The Morgan fingerprint density at radius 2 is 1.81 bits per heavy atom. The maximum atomic E-state index is 12.4. The molecule has 0 atom stereocenters. The molecule has 0 aliphatic rings. The highest BCUT2D eigenvalue weighted by Gasteiger charge is 2.12. The number of nitrogens with one attached hydrogen (secondary N) is 3. The zero-order valence-electron chi connectivity index (χ0n) is 18.4. The van der Waals surface area contributed by atoms with Crippen LogP contribution < -0.4 is 25.6 Å². The lowest BCUT2D eigenvalue weighted by atomic mass is 10.0. The van der Waals surface area contributed by atoms with Crippen LogP contribution in [0.2, 0.25) is 0 Å². The Labute approximate surface area is 202 Å². The molecule has 2 rings (SSSR count). The second-order valence-corrected chi connectivity index (χ2v) is 8.55. The predicted molar refractivity (Wildman–Crippen MR) is 132 cm³/mol. The third kappa shape index (κ3) is 8.12. The lowest BCUT2D eigenvalue weighted by Crippen LogP contribution is -2.49. The van der Waals surface area contributed by atoms with Crippen molar-refractivity contribution in [1.29, 1.82) is 0 Å². The number of carbonyl (C=O) groups is 2. The molecule has 0 saturated heterocycles. The van der Waals surface area contributed by atoms with Gasteiger partial charge in [0.15, 0.2) is 11.7 Å². The third-order valence-corrected chi connectivity index (χ3v) is 5.22. The summed E-state index contributed by atoms with van der Waals surface area (Å²) in [5.41, 5.74) is 6.32. The highest BCUT2D eigenvalue weighted by molar-refractivity contribution is 9.10. The Morgan fingerprint density at radius 1 is 1.06 bits per heavy atom. The number of thiocarbonyl (C=S) groups is 1. The van der Waals surface area contributed by atoms with Gasteiger partial charge in [-0.05, 0) is 70.3 Å². The molecule has 0 bridgehead atoms. The molecule has 9 heteroatoms. The minimum Gasteiger partial charge on any atom is -0.492 e. The van der Waals surface area contributed by atoms with Gasteiger partial charge in [0.05, 0.1) is 11.1 Å². The second kappa shape index (κ2) is 13.0. The number of hydrogen-bond donors (Lipinski definition) is 3. The summed E-state index contributed by atoms with van der Waals surface area (Å²) in [5, 5.41) is 2.48. The van der Waals surface area contributed by atoms with E-state index in [-0.39, 0.29) is 17.6 Å². The molecule has 0 aromatic heterocycles. The van der Waals surface area contributed by atoms with Crippen molar-refractivity contribution in [3.63, 3.8) is 0 Å². The maximum Gasteiger partial charge on any atom is 0.276 e. The molecule has 0 spiro atoms. The van der Waals surface area contributed by atoms with Crippen molar-refractivity contribution in [2.24, 2.45) is 0 Å². The van der Waals surface area contributed by atoms with Crippen LogP contribution in [0.1, 0.15) is 55.5 Å². The Morgan fingerprint density at radius 3 is 2.50 bits per heavy atom. The van der Waals surface area contributed by atoms with Crippen LogP contribution in [0, 0.1) is 0 Å². The van der Waals surface area contributed by atoms with Crippen LogP contribution >= 0.6 is 28.1 Å². The first-order valence-corrected chi connectivity index (χ1v) is 11.6. The van der Waals surface area contributed by atoms with Gasteiger partial charge < -0.3 is 9.47 Å². The molecule has 0 heterocycles. The van der Waals surface area contributed by atoms with E-state index in [1.54, 1.807) is 18.2 Å². The molecule has 3 N–H and O–H groups in total. The molecule has 2 aromatic rings. The number of carbonyl (C=O) groups excluding carboxylic acids is 2. The molecular formula is C23H28BrN3O4S. The van der Waals surface area contributed by atoms with Crippen LogP contribution in [0.5, 0.6) is 11.5 Å². The highest BCUT2D eigenvalue weighted by Crippen LogP contribution is 2.27. The molecule has 2 aromatic carbocycles. The van der Waals surface area contributed by atoms with E-state index in [9.17, 15) is 9.59 Å². The van der Waals surface area contributed by atoms with Crippen molar-refractivity contribution in [3.8, 4) is 11.5 Å². The van der Waals surface area contributed by atoms with Gasteiger partial charge in [-0.3, -0.25) is 25.8 Å². The van der Waals surface area contributed by atoms with Crippen molar-refractivity contribution in [1.82, 2.24) is 16.2 Å². The van der Waals surface area contributed by atoms with Crippen LogP contribution in [0.15, 0.2) is 46.9 Å². The number of amides is 2. The summed E-state index contributed by atoms with van der Waals surface area (Å²) in [6.45, 7) is 6.61. The Balaban J connectivity index is 1.79. The SMILES string of the molecule is CCCCOc1ccc(C(=O)NC(=S)NNC(=O)COc2ccccc2C(C)C)cc1Br. The first kappa shape index (κ1) is 25.6. The van der Waals surface area contributed by atoms with Crippen molar-refractivity contribution in [2.45, 2.75) is 39.5 Å². The first-order valence-electron chi connectivity index (χ1n) is 10.4. The molecular weight excluding hydrogens is 494 g/mol. The highest BCUT2D eigenvalue weighted by atomic mass is 79.9. The summed E-state index contributed by atoms with van der Waals surface area (Å²) in [6.07, 6.45) is 1.99. The van der Waals surface area contributed by atoms with E-state index in [1.165, 1.54) is 0 Å². The number of hydrazine groups is 1. The smallest absolute Gasteiger partial charge is 0.276 e. The normalized spacial score (nSPS) is 10.4. The van der Waals surface area contributed by atoms with E-state index < -0.39 is 11.8 Å². The van der Waals surface area contributed by atoms with Crippen LogP contribution in [0.4, 0.5) is 0 Å². The van der Waals surface area contributed by atoms with E-state index >= 15 is 0 Å². The van der Waals surface area contributed by atoms with E-state index in [4.69, 9.17) is 21.7 Å². The first-order chi connectivity index (χ1) is 15.3.